The van der Waals surface area contributed by atoms with Crippen LogP contribution >= 0.6 is 0 Å². The van der Waals surface area contributed by atoms with Gasteiger partial charge in [0.25, 0.3) is 0 Å². The lowest BCUT2D eigenvalue weighted by atomic mass is 9.87. The Hall–Kier alpha value is -8.52. The fourth-order valence-electron chi connectivity index (χ4n) is 9.94. The van der Waals surface area contributed by atoms with Crippen LogP contribution in [0.2, 0.25) is 0 Å². The Bertz CT molecular complexity index is 3670. The van der Waals surface area contributed by atoms with E-state index in [-0.39, 0.29) is 0 Å². The fraction of sp³-hybridized carbons (Fsp3) is 0. The van der Waals surface area contributed by atoms with Gasteiger partial charge in [-0.1, -0.05) is 218 Å². The van der Waals surface area contributed by atoms with Gasteiger partial charge in [0.2, 0.25) is 0 Å². The summed E-state index contributed by atoms with van der Waals surface area (Å²) in [6, 6.07) is 95.4. The van der Waals surface area contributed by atoms with Crippen LogP contribution in [0.15, 0.2) is 261 Å². The Morgan fingerprint density at radius 3 is 1.14 bits per heavy atom. The first kappa shape index (κ1) is 38.2. The number of fused-ring (bicyclic) bond motifs is 6. The molecule has 0 aliphatic heterocycles. The minimum Gasteiger partial charge on any atom is -0.310 e. The number of anilines is 3. The first-order valence-electron chi connectivity index (χ1n) is 22.4. The molecule has 12 aromatic rings. The van der Waals surface area contributed by atoms with Crippen molar-refractivity contribution >= 4 is 60.2 Å². The van der Waals surface area contributed by atoms with E-state index in [1.165, 1.54) is 93.2 Å². The van der Waals surface area contributed by atoms with Crippen LogP contribution in [0.1, 0.15) is 0 Å². The summed E-state index contributed by atoms with van der Waals surface area (Å²) in [6.07, 6.45) is 0. The van der Waals surface area contributed by atoms with Crippen LogP contribution in [0.3, 0.4) is 0 Å². The molecule has 65 heavy (non-hydrogen) atoms. The summed E-state index contributed by atoms with van der Waals surface area (Å²) in [5, 5.41) is 10.0. The Morgan fingerprint density at radius 2 is 0.600 bits per heavy atom. The molecule has 0 amide bonds. The van der Waals surface area contributed by atoms with Crippen molar-refractivity contribution in [2.75, 3.05) is 4.90 Å². The number of nitrogens with zero attached hydrogens (tertiary/aromatic N) is 1. The molecule has 0 heterocycles. The Balaban J connectivity index is 1.09. The number of hydrogen-bond donors (Lipinski definition) is 0. The van der Waals surface area contributed by atoms with Crippen LogP contribution in [-0.2, 0) is 0 Å². The average molecular weight is 826 g/mol. The molecule has 304 valence electrons. The molecule has 0 unspecified atom stereocenters. The highest BCUT2D eigenvalue weighted by Crippen LogP contribution is 2.48. The zero-order chi connectivity index (χ0) is 43.1. The summed E-state index contributed by atoms with van der Waals surface area (Å²) in [5.41, 5.74) is 15.2. The largest absolute Gasteiger partial charge is 0.310 e. The van der Waals surface area contributed by atoms with Crippen LogP contribution in [0.4, 0.5) is 17.1 Å². The molecular weight excluding hydrogens is 783 g/mol. The van der Waals surface area contributed by atoms with Crippen molar-refractivity contribution in [3.8, 4) is 55.6 Å². The second-order valence-corrected chi connectivity index (χ2v) is 16.8. The third kappa shape index (κ3) is 6.92. The van der Waals surface area contributed by atoms with E-state index in [2.05, 4.69) is 266 Å². The van der Waals surface area contributed by atoms with Crippen LogP contribution in [-0.4, -0.2) is 0 Å². The maximum atomic E-state index is 2.45. The summed E-state index contributed by atoms with van der Waals surface area (Å²) < 4.78 is 0. The highest BCUT2D eigenvalue weighted by Gasteiger charge is 2.23. The van der Waals surface area contributed by atoms with Gasteiger partial charge in [-0.05, 0) is 136 Å². The molecule has 0 aromatic heterocycles. The second kappa shape index (κ2) is 16.3. The summed E-state index contributed by atoms with van der Waals surface area (Å²) >= 11 is 0. The lowest BCUT2D eigenvalue weighted by Crippen LogP contribution is -2.12. The van der Waals surface area contributed by atoms with Crippen LogP contribution in [0.5, 0.6) is 0 Å². The zero-order valence-corrected chi connectivity index (χ0v) is 35.8. The predicted molar refractivity (Wildman–Crippen MR) is 278 cm³/mol. The Labute approximate surface area is 379 Å². The summed E-state index contributed by atoms with van der Waals surface area (Å²) in [5.74, 6) is 0. The van der Waals surface area contributed by atoms with E-state index in [1.54, 1.807) is 0 Å². The minimum atomic E-state index is 1.08. The van der Waals surface area contributed by atoms with E-state index in [4.69, 9.17) is 0 Å². The zero-order valence-electron chi connectivity index (χ0n) is 35.8. The Morgan fingerprint density at radius 1 is 0.215 bits per heavy atom. The molecule has 0 spiro atoms. The van der Waals surface area contributed by atoms with Gasteiger partial charge in [-0.15, -0.1) is 0 Å². The molecule has 0 N–H and O–H groups in total. The molecule has 0 bridgehead atoms. The molecule has 0 aliphatic rings. The van der Waals surface area contributed by atoms with Gasteiger partial charge < -0.3 is 4.90 Å². The quantitative estimate of drug-likeness (QED) is 0.138. The second-order valence-electron chi connectivity index (χ2n) is 16.8. The van der Waals surface area contributed by atoms with E-state index in [0.717, 1.165) is 22.6 Å². The molecule has 0 saturated heterocycles. The van der Waals surface area contributed by atoms with Crippen molar-refractivity contribution in [3.63, 3.8) is 0 Å². The van der Waals surface area contributed by atoms with Crippen molar-refractivity contribution < 1.29 is 0 Å². The highest BCUT2D eigenvalue weighted by molar-refractivity contribution is 6.16. The number of rotatable bonds is 8. The van der Waals surface area contributed by atoms with E-state index in [1.807, 2.05) is 0 Å². The standard InChI is InChI=1S/C64H43N/c1-3-16-44(17-4-1)46-30-32-49(33-31-46)64-60(62-43-51-21-8-10-23-55(51)57-25-12-14-27-59(57)62)28-15-29-63(64)65(52-38-34-47(35-39-52)45-18-5-2-6-19-45)53-40-36-48(37-41-53)61-42-50-20-7-9-22-54(50)56-24-11-13-26-58(56)61/h1-43H. The molecule has 0 atom stereocenters. The minimum absolute atomic E-state index is 1.08. The van der Waals surface area contributed by atoms with Gasteiger partial charge in [0.15, 0.2) is 0 Å². The van der Waals surface area contributed by atoms with Crippen LogP contribution in [0.25, 0.3) is 98.7 Å². The van der Waals surface area contributed by atoms with Crippen LogP contribution < -0.4 is 4.90 Å². The molecular formula is C64H43N. The van der Waals surface area contributed by atoms with Gasteiger partial charge in [-0.3, -0.25) is 0 Å². The van der Waals surface area contributed by atoms with Crippen molar-refractivity contribution in [1.29, 1.82) is 0 Å². The third-order valence-electron chi connectivity index (χ3n) is 13.1. The van der Waals surface area contributed by atoms with Crippen LogP contribution in [0, 0.1) is 0 Å². The molecule has 0 fully saturated rings. The molecule has 12 rings (SSSR count). The smallest absolute Gasteiger partial charge is 0.0546 e. The van der Waals surface area contributed by atoms with Crippen molar-refractivity contribution in [3.05, 3.63) is 261 Å². The van der Waals surface area contributed by atoms with Gasteiger partial charge in [0.05, 0.1) is 5.69 Å². The normalized spacial score (nSPS) is 11.4. The van der Waals surface area contributed by atoms with Gasteiger partial charge in [0, 0.05) is 16.9 Å². The summed E-state index contributed by atoms with van der Waals surface area (Å²) in [7, 11) is 0. The molecule has 1 heteroatoms. The summed E-state index contributed by atoms with van der Waals surface area (Å²) in [6.45, 7) is 0. The lowest BCUT2D eigenvalue weighted by Gasteiger charge is -2.30. The van der Waals surface area contributed by atoms with Crippen molar-refractivity contribution in [2.24, 2.45) is 0 Å². The first-order valence-corrected chi connectivity index (χ1v) is 22.4. The molecule has 12 aromatic carbocycles. The fourth-order valence-corrected chi connectivity index (χ4v) is 9.94. The monoisotopic (exact) mass is 825 g/mol. The number of benzene rings is 12. The van der Waals surface area contributed by atoms with Gasteiger partial charge in [0.1, 0.15) is 0 Å². The molecule has 0 radical (unpaired) electrons. The SMILES string of the molecule is c1ccc(-c2ccc(-c3c(-c4cc5ccccc5c5ccccc45)cccc3N(c3ccc(-c4ccccc4)cc3)c3ccc(-c4cc5ccccc5c5ccccc45)cc3)cc2)cc1. The average Bonchev–Trinajstić information content (AvgIpc) is 3.39. The van der Waals surface area contributed by atoms with Gasteiger partial charge >= 0.3 is 0 Å². The third-order valence-corrected chi connectivity index (χ3v) is 13.1. The van der Waals surface area contributed by atoms with E-state index >= 15 is 0 Å². The highest BCUT2D eigenvalue weighted by atomic mass is 15.1. The first-order chi connectivity index (χ1) is 32.2. The lowest BCUT2D eigenvalue weighted by molar-refractivity contribution is 1.28. The topological polar surface area (TPSA) is 3.24 Å². The predicted octanol–water partition coefficient (Wildman–Crippen LogP) is 18.1. The Kier molecular flexibility index (Phi) is 9.58. The van der Waals surface area contributed by atoms with Gasteiger partial charge in [-0.2, -0.15) is 0 Å². The molecule has 0 aliphatic carbocycles. The molecule has 1 nitrogen and oxygen atoms in total. The van der Waals surface area contributed by atoms with E-state index in [9.17, 15) is 0 Å². The summed E-state index contributed by atoms with van der Waals surface area (Å²) in [4.78, 5) is 2.45. The van der Waals surface area contributed by atoms with Gasteiger partial charge in [-0.25, -0.2) is 0 Å². The maximum Gasteiger partial charge on any atom is 0.0546 e. The molecule has 0 saturated carbocycles. The van der Waals surface area contributed by atoms with E-state index in [0.29, 0.717) is 0 Å². The maximum absolute atomic E-state index is 2.45. The number of hydrogen-bond acceptors (Lipinski definition) is 1. The van der Waals surface area contributed by atoms with E-state index < -0.39 is 0 Å². The van der Waals surface area contributed by atoms with Crippen molar-refractivity contribution in [1.82, 2.24) is 0 Å². The van der Waals surface area contributed by atoms with Crippen molar-refractivity contribution in [2.45, 2.75) is 0 Å².